The second kappa shape index (κ2) is 8.65. The molecule has 156 valence electrons. The van der Waals surface area contributed by atoms with Crippen LogP contribution in [0.3, 0.4) is 0 Å². The summed E-state index contributed by atoms with van der Waals surface area (Å²) in [6.07, 6.45) is 1.79. The summed E-state index contributed by atoms with van der Waals surface area (Å²) in [4.78, 5) is 18.9. The van der Waals surface area contributed by atoms with Gasteiger partial charge in [0.2, 0.25) is 17.6 Å². The molecule has 0 saturated carbocycles. The molecule has 1 aromatic heterocycles. The van der Waals surface area contributed by atoms with Crippen molar-refractivity contribution in [1.82, 2.24) is 10.1 Å². The predicted octanol–water partition coefficient (Wildman–Crippen LogP) is 4.60. The van der Waals surface area contributed by atoms with E-state index in [0.717, 1.165) is 24.7 Å². The van der Waals surface area contributed by atoms with Gasteiger partial charge < -0.3 is 14.7 Å². The molecule has 6 nitrogen and oxygen atoms in total. The van der Waals surface area contributed by atoms with Crippen molar-refractivity contribution in [3.05, 3.63) is 59.7 Å². The summed E-state index contributed by atoms with van der Waals surface area (Å²) in [5, 5.41) is 6.83. The van der Waals surface area contributed by atoms with Crippen molar-refractivity contribution in [3.8, 4) is 11.4 Å². The molecule has 1 unspecified atom stereocenters. The molecule has 1 atom stereocenters. The molecule has 3 aromatic rings. The maximum atomic E-state index is 13.4. The summed E-state index contributed by atoms with van der Waals surface area (Å²) in [5.74, 6) is 1.10. The number of aryl methyl sites for hydroxylation is 2. The zero-order valence-electron chi connectivity index (χ0n) is 17.2. The number of halogens is 1. The van der Waals surface area contributed by atoms with Gasteiger partial charge in [0.1, 0.15) is 5.82 Å². The van der Waals surface area contributed by atoms with E-state index in [1.807, 2.05) is 24.3 Å². The van der Waals surface area contributed by atoms with Gasteiger partial charge in [-0.1, -0.05) is 12.1 Å². The first-order valence-corrected chi connectivity index (χ1v) is 10.2. The molecule has 30 heavy (non-hydrogen) atoms. The average Bonchev–Trinajstić information content (AvgIpc) is 3.38. The number of rotatable bonds is 6. The van der Waals surface area contributed by atoms with Crippen LogP contribution in [0.1, 0.15) is 31.2 Å². The Balaban J connectivity index is 1.30. The summed E-state index contributed by atoms with van der Waals surface area (Å²) in [5.41, 5.74) is 3.15. The van der Waals surface area contributed by atoms with Crippen molar-refractivity contribution in [1.29, 1.82) is 0 Å². The first-order chi connectivity index (χ1) is 14.5. The van der Waals surface area contributed by atoms with Gasteiger partial charge in [-0.2, -0.15) is 4.98 Å². The van der Waals surface area contributed by atoms with E-state index in [1.54, 1.807) is 19.1 Å². The highest BCUT2D eigenvalue weighted by atomic mass is 19.1. The Hall–Kier alpha value is -3.22. The van der Waals surface area contributed by atoms with Gasteiger partial charge in [0.25, 0.3) is 0 Å². The molecule has 2 heterocycles. The van der Waals surface area contributed by atoms with E-state index in [-0.39, 0.29) is 18.1 Å². The number of anilines is 2. The number of nitrogens with zero attached hydrogens (tertiary/aromatic N) is 3. The number of hydrogen-bond donors (Lipinski definition) is 1. The van der Waals surface area contributed by atoms with Gasteiger partial charge in [0.15, 0.2) is 0 Å². The molecule has 4 rings (SSSR count). The Labute approximate surface area is 175 Å². The number of hydrogen-bond acceptors (Lipinski definition) is 5. The first-order valence-electron chi connectivity index (χ1n) is 10.2. The molecule has 0 bridgehead atoms. The Bertz CT molecular complexity index is 1030. The normalized spacial score (nSPS) is 16.1. The minimum absolute atomic E-state index is 0.116. The smallest absolute Gasteiger partial charge is 0.227 e. The third-order valence-corrected chi connectivity index (χ3v) is 5.39. The van der Waals surface area contributed by atoms with Crippen LogP contribution in [0.5, 0.6) is 0 Å². The van der Waals surface area contributed by atoms with Crippen LogP contribution in [0.15, 0.2) is 47.0 Å². The van der Waals surface area contributed by atoms with Crippen LogP contribution < -0.4 is 10.2 Å². The molecular weight excluding hydrogens is 383 g/mol. The van der Waals surface area contributed by atoms with E-state index in [9.17, 15) is 9.18 Å². The SMILES string of the molecule is Cc1cc(-c2noc(CCC(=O)Nc3ccc(N4CCC(C)C4)cc3)n2)ccc1F. The van der Waals surface area contributed by atoms with Crippen LogP contribution in [-0.2, 0) is 11.2 Å². The molecule has 1 fully saturated rings. The first kappa shape index (κ1) is 20.1. The standard InChI is InChI=1S/C23H25FN4O2/c1-15-11-12-28(14-15)19-6-4-18(5-7-19)25-21(29)9-10-22-26-23(27-30-22)17-3-8-20(24)16(2)13-17/h3-8,13,15H,9-12,14H2,1-2H3,(H,25,29). The number of carbonyl (C=O) groups excluding carboxylic acids is 1. The third-order valence-electron chi connectivity index (χ3n) is 5.39. The van der Waals surface area contributed by atoms with E-state index in [4.69, 9.17) is 4.52 Å². The fourth-order valence-electron chi connectivity index (χ4n) is 3.63. The Kier molecular flexibility index (Phi) is 5.79. The Morgan fingerprint density at radius 1 is 1.27 bits per heavy atom. The van der Waals surface area contributed by atoms with E-state index < -0.39 is 0 Å². The number of carbonyl (C=O) groups is 1. The molecule has 1 amide bonds. The van der Waals surface area contributed by atoms with E-state index in [1.165, 1.54) is 18.2 Å². The largest absolute Gasteiger partial charge is 0.371 e. The summed E-state index contributed by atoms with van der Waals surface area (Å²) < 4.78 is 18.6. The lowest BCUT2D eigenvalue weighted by Crippen LogP contribution is -2.19. The van der Waals surface area contributed by atoms with Crippen LogP contribution >= 0.6 is 0 Å². The van der Waals surface area contributed by atoms with Crippen LogP contribution in [0.2, 0.25) is 0 Å². The molecule has 1 aliphatic rings. The highest BCUT2D eigenvalue weighted by molar-refractivity contribution is 5.91. The highest BCUT2D eigenvalue weighted by Gasteiger charge is 2.18. The summed E-state index contributed by atoms with van der Waals surface area (Å²) >= 11 is 0. The monoisotopic (exact) mass is 408 g/mol. The van der Waals surface area contributed by atoms with Crippen LogP contribution in [0.4, 0.5) is 15.8 Å². The van der Waals surface area contributed by atoms with Crippen molar-refractivity contribution in [2.24, 2.45) is 5.92 Å². The van der Waals surface area contributed by atoms with Crippen molar-refractivity contribution in [3.63, 3.8) is 0 Å². The van der Waals surface area contributed by atoms with E-state index in [0.29, 0.717) is 29.3 Å². The lowest BCUT2D eigenvalue weighted by molar-refractivity contribution is -0.116. The van der Waals surface area contributed by atoms with E-state index in [2.05, 4.69) is 27.3 Å². The number of aromatic nitrogens is 2. The van der Waals surface area contributed by atoms with Gasteiger partial charge in [-0.3, -0.25) is 4.79 Å². The fraction of sp³-hybridized carbons (Fsp3) is 0.348. The Morgan fingerprint density at radius 3 is 2.77 bits per heavy atom. The number of amides is 1. The van der Waals surface area contributed by atoms with Crippen LogP contribution in [0, 0.1) is 18.7 Å². The predicted molar refractivity (Wildman–Crippen MR) is 114 cm³/mol. The van der Waals surface area contributed by atoms with Gasteiger partial charge in [-0.05, 0) is 67.3 Å². The van der Waals surface area contributed by atoms with E-state index >= 15 is 0 Å². The Morgan fingerprint density at radius 2 is 2.07 bits per heavy atom. The minimum Gasteiger partial charge on any atom is -0.371 e. The summed E-state index contributed by atoms with van der Waals surface area (Å²) in [6.45, 7) is 6.11. The molecule has 1 saturated heterocycles. The summed E-state index contributed by atoms with van der Waals surface area (Å²) in [6, 6.07) is 12.6. The van der Waals surface area contributed by atoms with Gasteiger partial charge in [-0.15, -0.1) is 0 Å². The highest BCUT2D eigenvalue weighted by Crippen LogP contribution is 2.25. The maximum absolute atomic E-state index is 13.4. The van der Waals surface area contributed by atoms with Gasteiger partial charge in [-0.25, -0.2) is 4.39 Å². The zero-order chi connectivity index (χ0) is 21.1. The average molecular weight is 408 g/mol. The topological polar surface area (TPSA) is 71.3 Å². The molecule has 0 radical (unpaired) electrons. The lowest BCUT2D eigenvalue weighted by atomic mass is 10.1. The van der Waals surface area contributed by atoms with Crippen molar-refractivity contribution in [2.75, 3.05) is 23.3 Å². The van der Waals surface area contributed by atoms with Gasteiger partial charge in [0.05, 0.1) is 0 Å². The van der Waals surface area contributed by atoms with Crippen molar-refractivity contribution < 1.29 is 13.7 Å². The van der Waals surface area contributed by atoms with Crippen LogP contribution in [0.25, 0.3) is 11.4 Å². The maximum Gasteiger partial charge on any atom is 0.227 e. The van der Waals surface area contributed by atoms with Crippen molar-refractivity contribution in [2.45, 2.75) is 33.1 Å². The number of benzene rings is 2. The molecule has 7 heteroatoms. The molecular formula is C23H25FN4O2. The summed E-state index contributed by atoms with van der Waals surface area (Å²) in [7, 11) is 0. The van der Waals surface area contributed by atoms with Gasteiger partial charge >= 0.3 is 0 Å². The minimum atomic E-state index is -0.276. The molecule has 2 aromatic carbocycles. The van der Waals surface area contributed by atoms with Gasteiger partial charge in [0, 0.05) is 42.9 Å². The zero-order valence-corrected chi connectivity index (χ0v) is 17.2. The second-order valence-electron chi connectivity index (χ2n) is 7.91. The molecule has 1 N–H and O–H groups in total. The van der Waals surface area contributed by atoms with Crippen LogP contribution in [-0.4, -0.2) is 29.1 Å². The fourth-order valence-corrected chi connectivity index (χ4v) is 3.63. The molecule has 0 spiro atoms. The quantitative estimate of drug-likeness (QED) is 0.645. The second-order valence-corrected chi connectivity index (χ2v) is 7.91. The number of nitrogens with one attached hydrogen (secondary N) is 1. The molecule has 0 aliphatic carbocycles. The lowest BCUT2D eigenvalue weighted by Gasteiger charge is -2.18. The van der Waals surface area contributed by atoms with Crippen molar-refractivity contribution >= 4 is 17.3 Å². The molecule has 1 aliphatic heterocycles. The third kappa shape index (κ3) is 4.67.